The van der Waals surface area contributed by atoms with E-state index >= 15 is 0 Å². The number of phosphoric ester groups is 1. The Morgan fingerprint density at radius 3 is 1.75 bits per heavy atom. The summed E-state index contributed by atoms with van der Waals surface area (Å²) >= 11 is 0. The number of nitrogens with two attached hydrogens (primary N) is 1. The first-order chi connectivity index (χ1) is 28.6. The number of aliphatic hydroxyl groups excluding tert-OH is 2. The molecule has 0 saturated carbocycles. The fourth-order valence-electron chi connectivity index (χ4n) is 5.33. The topological polar surface area (TPSA) is 175 Å². The van der Waals surface area contributed by atoms with Crippen molar-refractivity contribution < 1.29 is 47.8 Å². The Bertz CT molecular complexity index is 1320. The molecule has 0 aliphatic heterocycles. The Morgan fingerprint density at radius 2 is 1.15 bits per heavy atom. The number of unbranched alkanes of at least 4 members (excludes halogenated alkanes) is 10. The van der Waals surface area contributed by atoms with Crippen molar-refractivity contribution >= 4 is 19.8 Å². The molecule has 0 aromatic heterocycles. The summed E-state index contributed by atoms with van der Waals surface area (Å²) in [5.74, 6) is -1.01. The molecule has 12 heteroatoms. The summed E-state index contributed by atoms with van der Waals surface area (Å²) in [6, 6.07) is 0. The molecule has 0 aliphatic rings. The van der Waals surface area contributed by atoms with Crippen LogP contribution in [0.5, 0.6) is 0 Å². The van der Waals surface area contributed by atoms with E-state index in [2.05, 4.69) is 31.2 Å². The van der Waals surface area contributed by atoms with Gasteiger partial charge in [0.15, 0.2) is 6.10 Å². The van der Waals surface area contributed by atoms with Gasteiger partial charge in [-0.05, 0) is 70.6 Å². The molecule has 4 atom stereocenters. The molecule has 5 N–H and O–H groups in total. The first kappa shape index (κ1) is 55.9. The molecule has 0 spiro atoms. The molecule has 0 rings (SSSR count). The van der Waals surface area contributed by atoms with E-state index < -0.39 is 44.7 Å². The Kier molecular flexibility index (Phi) is 39.4. The van der Waals surface area contributed by atoms with E-state index in [9.17, 15) is 29.3 Å². The summed E-state index contributed by atoms with van der Waals surface area (Å²) in [6.45, 7) is 3.28. The third-order valence-electron chi connectivity index (χ3n) is 8.63. The molecule has 0 bridgehead atoms. The van der Waals surface area contributed by atoms with Gasteiger partial charge in [-0.1, -0.05) is 156 Å². The predicted molar refractivity (Wildman–Crippen MR) is 240 cm³/mol. The maximum Gasteiger partial charge on any atom is 0.472 e. The summed E-state index contributed by atoms with van der Waals surface area (Å²) in [7, 11) is -4.43. The van der Waals surface area contributed by atoms with Crippen molar-refractivity contribution in [2.24, 2.45) is 5.73 Å². The van der Waals surface area contributed by atoms with Crippen molar-refractivity contribution in [3.63, 3.8) is 0 Å². The van der Waals surface area contributed by atoms with Crippen LogP contribution in [0, 0.1) is 0 Å². The van der Waals surface area contributed by atoms with E-state index in [0.717, 1.165) is 38.5 Å². The highest BCUT2D eigenvalue weighted by atomic mass is 31.2. The van der Waals surface area contributed by atoms with Crippen LogP contribution >= 0.6 is 7.82 Å². The van der Waals surface area contributed by atoms with E-state index in [4.69, 9.17) is 24.3 Å². The van der Waals surface area contributed by atoms with Crippen LogP contribution in [0.25, 0.3) is 0 Å². The molecular weight excluding hydrogens is 769 g/mol. The fraction of sp³-hybridized carbons (Fsp3) is 0.617. The number of carbonyl (C=O) groups excluding carboxylic acids is 2. The van der Waals surface area contributed by atoms with Gasteiger partial charge < -0.3 is 30.3 Å². The number of allylic oxidation sites excluding steroid dienone is 12. The van der Waals surface area contributed by atoms with Crippen molar-refractivity contribution in [3.05, 3.63) is 97.2 Å². The lowest BCUT2D eigenvalue weighted by Crippen LogP contribution is -2.29. The average Bonchev–Trinajstić information content (AvgIpc) is 3.21. The van der Waals surface area contributed by atoms with Gasteiger partial charge in [-0.15, -0.1) is 0 Å². The summed E-state index contributed by atoms with van der Waals surface area (Å²) in [6.07, 6.45) is 46.5. The number of phosphoric acid groups is 1. The molecule has 0 saturated heterocycles. The zero-order valence-corrected chi connectivity index (χ0v) is 37.1. The van der Waals surface area contributed by atoms with Crippen LogP contribution in [0.15, 0.2) is 97.2 Å². The van der Waals surface area contributed by atoms with Crippen LogP contribution in [0.2, 0.25) is 0 Å². The van der Waals surface area contributed by atoms with Crippen LogP contribution in [0.4, 0.5) is 0 Å². The normalized spacial score (nSPS) is 15.3. The lowest BCUT2D eigenvalue weighted by Gasteiger charge is -2.19. The van der Waals surface area contributed by atoms with Crippen LogP contribution in [0.3, 0.4) is 0 Å². The molecule has 0 amide bonds. The van der Waals surface area contributed by atoms with Gasteiger partial charge in [0.25, 0.3) is 0 Å². The number of hydrogen-bond donors (Lipinski definition) is 4. The molecule has 0 aromatic rings. The zero-order chi connectivity index (χ0) is 43.5. The molecule has 59 heavy (non-hydrogen) atoms. The van der Waals surface area contributed by atoms with Gasteiger partial charge in [-0.3, -0.25) is 18.6 Å². The van der Waals surface area contributed by atoms with Crippen LogP contribution in [0.1, 0.15) is 142 Å². The quantitative estimate of drug-likeness (QED) is 0.0152. The van der Waals surface area contributed by atoms with Gasteiger partial charge in [0.1, 0.15) is 6.61 Å². The highest BCUT2D eigenvalue weighted by molar-refractivity contribution is 7.47. The minimum Gasteiger partial charge on any atom is -0.462 e. The van der Waals surface area contributed by atoms with Gasteiger partial charge in [0.2, 0.25) is 0 Å². The molecule has 336 valence electrons. The van der Waals surface area contributed by atoms with Crippen molar-refractivity contribution in [2.45, 2.75) is 161 Å². The molecule has 0 fully saturated rings. The third-order valence-corrected chi connectivity index (χ3v) is 9.62. The lowest BCUT2D eigenvalue weighted by atomic mass is 10.1. The summed E-state index contributed by atoms with van der Waals surface area (Å²) in [5, 5.41) is 20.0. The van der Waals surface area contributed by atoms with Crippen LogP contribution < -0.4 is 5.73 Å². The second kappa shape index (κ2) is 41.6. The summed E-state index contributed by atoms with van der Waals surface area (Å²) in [5.41, 5.74) is 5.33. The SMILES string of the molecule is CC/C=C\C[C@H](O)/C=C/C=C\C=C\[C@H](O)C/C=C\C/C=C\CCC(=O)O[C@H](COC(=O)CCCCCCCCC/C=C\C/C=C\CCCCC)COP(=O)(O)OCCN. The van der Waals surface area contributed by atoms with Gasteiger partial charge in [-0.2, -0.15) is 0 Å². The van der Waals surface area contributed by atoms with Gasteiger partial charge >= 0.3 is 19.8 Å². The molecule has 11 nitrogen and oxygen atoms in total. The summed E-state index contributed by atoms with van der Waals surface area (Å²) in [4.78, 5) is 34.9. The zero-order valence-electron chi connectivity index (χ0n) is 36.2. The second-order valence-electron chi connectivity index (χ2n) is 14.2. The van der Waals surface area contributed by atoms with E-state index in [1.54, 1.807) is 36.5 Å². The number of ether oxygens (including phenoxy) is 2. The van der Waals surface area contributed by atoms with Crippen molar-refractivity contribution in [1.29, 1.82) is 0 Å². The number of carbonyl (C=O) groups is 2. The smallest absolute Gasteiger partial charge is 0.462 e. The highest BCUT2D eigenvalue weighted by Gasteiger charge is 2.25. The predicted octanol–water partition coefficient (Wildman–Crippen LogP) is 10.5. The van der Waals surface area contributed by atoms with E-state index in [-0.39, 0.29) is 32.6 Å². The van der Waals surface area contributed by atoms with E-state index in [1.165, 1.54) is 44.9 Å². The van der Waals surface area contributed by atoms with Crippen LogP contribution in [-0.2, 0) is 32.7 Å². The number of aliphatic hydroxyl groups is 2. The molecule has 1 unspecified atom stereocenters. The van der Waals surface area contributed by atoms with Gasteiger partial charge in [0, 0.05) is 19.4 Å². The monoisotopic (exact) mass is 848 g/mol. The number of esters is 2. The summed E-state index contributed by atoms with van der Waals surface area (Å²) < 4.78 is 32.6. The molecule has 0 radical (unpaired) electrons. The Hall–Kier alpha value is -3.15. The third kappa shape index (κ3) is 41.4. The fourth-order valence-corrected chi connectivity index (χ4v) is 6.10. The van der Waals surface area contributed by atoms with Crippen LogP contribution in [-0.4, -0.2) is 71.7 Å². The molecule has 0 aliphatic carbocycles. The largest absolute Gasteiger partial charge is 0.472 e. The molecule has 0 heterocycles. The number of hydrogen-bond acceptors (Lipinski definition) is 10. The molecular formula is C47H78NO10P. The maximum absolute atomic E-state index is 12.6. The lowest BCUT2D eigenvalue weighted by molar-refractivity contribution is -0.161. The Morgan fingerprint density at radius 1 is 0.610 bits per heavy atom. The minimum atomic E-state index is -4.43. The first-order valence-corrected chi connectivity index (χ1v) is 23.4. The Balaban J connectivity index is 4.42. The standard InChI is InChI=1S/C47H78NO10P/c1-3-5-7-8-9-10-11-12-13-14-15-16-17-18-19-23-31-37-46(51)55-41-45(42-57-59(53,54)56-40-39-48)58-47(52)38-32-24-21-20-22-28-34-44(50)36-30-26-25-29-35-43(49)33-27-6-4-2/h6,9-10,12-13,21-22,24-30,35-36,43-45,49-50H,3-5,7-8,11,14-20,23,31-34,37-42,48H2,1-2H3,(H,53,54)/b10-9-,13-12-,24-21-,26-25-,27-6-,28-22-,35-29+,36-30+/t43-,44+,45+/m0/s1. The second-order valence-corrected chi connectivity index (χ2v) is 15.7. The van der Waals surface area contributed by atoms with Gasteiger partial charge in [-0.25, -0.2) is 4.57 Å². The first-order valence-electron chi connectivity index (χ1n) is 21.9. The number of rotatable bonds is 39. The van der Waals surface area contributed by atoms with Crippen molar-refractivity contribution in [3.8, 4) is 0 Å². The van der Waals surface area contributed by atoms with E-state index in [0.29, 0.717) is 32.1 Å². The average molecular weight is 848 g/mol. The Labute approximate surface area is 356 Å². The van der Waals surface area contributed by atoms with Crippen molar-refractivity contribution in [2.75, 3.05) is 26.4 Å². The molecule has 0 aromatic carbocycles. The van der Waals surface area contributed by atoms with Gasteiger partial charge in [0.05, 0.1) is 25.4 Å². The minimum absolute atomic E-state index is 0.0172. The van der Waals surface area contributed by atoms with Crippen molar-refractivity contribution in [1.82, 2.24) is 0 Å². The van der Waals surface area contributed by atoms with E-state index in [1.807, 2.05) is 43.4 Å². The highest BCUT2D eigenvalue weighted by Crippen LogP contribution is 2.43. The maximum atomic E-state index is 12.6.